The summed E-state index contributed by atoms with van der Waals surface area (Å²) in [6.45, 7) is 0.814. The Morgan fingerprint density at radius 1 is 1.25 bits per heavy atom. The molecule has 1 unspecified atom stereocenters. The molecule has 3 fully saturated rings. The first-order valence-corrected chi connectivity index (χ1v) is 8.98. The fraction of sp³-hybridized carbons (Fsp3) is 0.579. The van der Waals surface area contributed by atoms with Gasteiger partial charge in [0.05, 0.1) is 16.7 Å². The number of carbonyl (C=O) groups excluding carboxylic acids is 2. The molecule has 5 nitrogen and oxygen atoms in total. The van der Waals surface area contributed by atoms with E-state index >= 15 is 0 Å². The first-order valence-electron chi connectivity index (χ1n) is 8.98. The lowest BCUT2D eigenvalue weighted by molar-refractivity contribution is -0.119. The van der Waals surface area contributed by atoms with Gasteiger partial charge in [0.15, 0.2) is 0 Å². The zero-order valence-electron chi connectivity index (χ0n) is 13.8. The van der Waals surface area contributed by atoms with Gasteiger partial charge in [-0.25, -0.2) is 0 Å². The molecule has 5 heteroatoms. The molecule has 1 saturated heterocycles. The summed E-state index contributed by atoms with van der Waals surface area (Å²) >= 11 is 0. The van der Waals surface area contributed by atoms with Crippen molar-refractivity contribution in [1.82, 2.24) is 4.90 Å². The Morgan fingerprint density at radius 2 is 2.00 bits per heavy atom. The molecule has 1 aromatic carbocycles. The monoisotopic (exact) mass is 328 g/mol. The van der Waals surface area contributed by atoms with E-state index < -0.39 is 0 Å². The van der Waals surface area contributed by atoms with Crippen molar-refractivity contribution in [2.45, 2.75) is 44.6 Å². The quantitative estimate of drug-likeness (QED) is 0.872. The summed E-state index contributed by atoms with van der Waals surface area (Å²) < 4.78 is 0. The number of piperidine rings is 1. The van der Waals surface area contributed by atoms with Crippen LogP contribution in [-0.2, 0) is 4.79 Å². The highest BCUT2D eigenvalue weighted by Crippen LogP contribution is 2.75. The number of fused-ring (bicyclic) bond motifs is 1. The molecular formula is C19H24N2O3. The summed E-state index contributed by atoms with van der Waals surface area (Å²) in [6, 6.07) is 7.38. The van der Waals surface area contributed by atoms with E-state index in [1.807, 2.05) is 23.1 Å². The number of amides is 2. The minimum atomic E-state index is -0.110. The van der Waals surface area contributed by atoms with Crippen LogP contribution in [0.5, 0.6) is 0 Å². The van der Waals surface area contributed by atoms with Gasteiger partial charge in [0, 0.05) is 19.2 Å². The third-order valence-corrected chi connectivity index (χ3v) is 5.89. The number of aliphatic hydroxyl groups excluding tert-OH is 1. The number of rotatable bonds is 5. The van der Waals surface area contributed by atoms with Crippen LogP contribution in [0.4, 0.5) is 5.69 Å². The number of nitrogens with zero attached hydrogens (tertiary/aromatic N) is 1. The normalized spacial score (nSPS) is 30.5. The molecule has 1 atom stereocenters. The van der Waals surface area contributed by atoms with Gasteiger partial charge in [-0.1, -0.05) is 12.1 Å². The van der Waals surface area contributed by atoms with Crippen LogP contribution in [0.2, 0.25) is 0 Å². The number of likely N-dealkylation sites (tertiary alicyclic amines) is 1. The zero-order valence-corrected chi connectivity index (χ0v) is 13.8. The molecule has 1 aromatic rings. The maximum atomic E-state index is 13.1. The SMILES string of the molecule is O=C(c1ccccc1NC(=O)C12CC1C2)N1CCCCC1CCO. The van der Waals surface area contributed by atoms with Crippen LogP contribution in [0.3, 0.4) is 0 Å². The summed E-state index contributed by atoms with van der Waals surface area (Å²) in [5, 5.41) is 12.3. The first kappa shape index (κ1) is 15.6. The van der Waals surface area contributed by atoms with Crippen LogP contribution >= 0.6 is 0 Å². The van der Waals surface area contributed by atoms with E-state index in [0.717, 1.165) is 38.6 Å². The molecule has 128 valence electrons. The van der Waals surface area contributed by atoms with Crippen molar-refractivity contribution in [3.8, 4) is 0 Å². The van der Waals surface area contributed by atoms with Gasteiger partial charge in [-0.15, -0.1) is 0 Å². The Labute approximate surface area is 142 Å². The van der Waals surface area contributed by atoms with Crippen molar-refractivity contribution in [3.05, 3.63) is 29.8 Å². The van der Waals surface area contributed by atoms with Crippen molar-refractivity contribution >= 4 is 17.5 Å². The molecule has 1 heterocycles. The molecule has 3 aliphatic rings. The van der Waals surface area contributed by atoms with Crippen LogP contribution in [0.1, 0.15) is 48.9 Å². The highest BCUT2D eigenvalue weighted by atomic mass is 16.3. The standard InChI is InChI=1S/C19H24N2O3/c22-10-8-14-5-3-4-9-21(14)17(23)15-6-1-2-7-16(15)20-18(24)19-11-13(19)12-19/h1-2,6-7,13-14,22H,3-5,8-12H2,(H,20,24). The van der Waals surface area contributed by atoms with E-state index in [4.69, 9.17) is 0 Å². The van der Waals surface area contributed by atoms with E-state index in [2.05, 4.69) is 5.32 Å². The summed E-state index contributed by atoms with van der Waals surface area (Å²) in [5.74, 6) is 0.611. The van der Waals surface area contributed by atoms with Gasteiger partial charge in [-0.3, -0.25) is 9.59 Å². The number of aliphatic hydroxyl groups is 1. The van der Waals surface area contributed by atoms with Crippen LogP contribution in [0.25, 0.3) is 0 Å². The smallest absolute Gasteiger partial charge is 0.256 e. The van der Waals surface area contributed by atoms with Crippen LogP contribution < -0.4 is 5.32 Å². The van der Waals surface area contributed by atoms with E-state index in [-0.39, 0.29) is 29.9 Å². The molecule has 0 spiro atoms. The second-order valence-corrected chi connectivity index (χ2v) is 7.42. The Balaban J connectivity index is 1.54. The predicted molar refractivity (Wildman–Crippen MR) is 90.6 cm³/mol. The van der Waals surface area contributed by atoms with Crippen molar-refractivity contribution < 1.29 is 14.7 Å². The number of hydrogen-bond acceptors (Lipinski definition) is 3. The number of benzene rings is 1. The summed E-state index contributed by atoms with van der Waals surface area (Å²) in [6.07, 6.45) is 5.64. The van der Waals surface area contributed by atoms with Gasteiger partial charge >= 0.3 is 0 Å². The third kappa shape index (κ3) is 2.61. The van der Waals surface area contributed by atoms with Gasteiger partial charge < -0.3 is 15.3 Å². The van der Waals surface area contributed by atoms with Gasteiger partial charge in [-0.2, -0.15) is 0 Å². The van der Waals surface area contributed by atoms with Gasteiger partial charge in [0.1, 0.15) is 0 Å². The van der Waals surface area contributed by atoms with Crippen molar-refractivity contribution in [2.24, 2.45) is 11.3 Å². The number of carbonyl (C=O) groups is 2. The molecule has 2 amide bonds. The summed E-state index contributed by atoms with van der Waals surface area (Å²) in [4.78, 5) is 27.3. The minimum Gasteiger partial charge on any atom is -0.396 e. The van der Waals surface area contributed by atoms with Gasteiger partial charge in [0.2, 0.25) is 5.91 Å². The lowest BCUT2D eigenvalue weighted by Crippen LogP contribution is -2.44. The maximum Gasteiger partial charge on any atom is 0.256 e. The summed E-state index contributed by atoms with van der Waals surface area (Å²) in [7, 11) is 0. The van der Waals surface area contributed by atoms with Crippen LogP contribution in [0.15, 0.2) is 24.3 Å². The van der Waals surface area contributed by atoms with Crippen LogP contribution in [-0.4, -0.2) is 41.0 Å². The Morgan fingerprint density at radius 3 is 2.71 bits per heavy atom. The van der Waals surface area contributed by atoms with Gasteiger partial charge in [-0.05, 0) is 56.6 Å². The lowest BCUT2D eigenvalue weighted by atomic mass is 9.98. The van der Waals surface area contributed by atoms with Crippen molar-refractivity contribution in [2.75, 3.05) is 18.5 Å². The van der Waals surface area contributed by atoms with Crippen LogP contribution in [0, 0.1) is 11.3 Å². The van der Waals surface area contributed by atoms with Crippen molar-refractivity contribution in [3.63, 3.8) is 0 Å². The zero-order chi connectivity index (χ0) is 16.7. The second kappa shape index (κ2) is 5.88. The highest BCUT2D eigenvalue weighted by Gasteiger charge is 2.74. The number of para-hydroxylation sites is 1. The maximum absolute atomic E-state index is 13.1. The van der Waals surface area contributed by atoms with E-state index in [0.29, 0.717) is 23.6 Å². The lowest BCUT2D eigenvalue weighted by Gasteiger charge is -2.36. The summed E-state index contributed by atoms with van der Waals surface area (Å²) in [5.41, 5.74) is 1.07. The largest absolute Gasteiger partial charge is 0.396 e. The van der Waals surface area contributed by atoms with E-state index in [1.54, 1.807) is 6.07 Å². The number of anilines is 1. The van der Waals surface area contributed by atoms with E-state index in [1.165, 1.54) is 0 Å². The molecule has 0 radical (unpaired) electrons. The second-order valence-electron chi connectivity index (χ2n) is 7.42. The molecule has 0 aromatic heterocycles. The predicted octanol–water partition coefficient (Wildman–Crippen LogP) is 2.41. The highest BCUT2D eigenvalue weighted by molar-refractivity contribution is 6.07. The number of hydrogen-bond donors (Lipinski definition) is 2. The molecule has 4 rings (SSSR count). The topological polar surface area (TPSA) is 69.6 Å². The van der Waals surface area contributed by atoms with E-state index in [9.17, 15) is 14.7 Å². The molecule has 0 bridgehead atoms. The third-order valence-electron chi connectivity index (χ3n) is 5.89. The molecular weight excluding hydrogens is 304 g/mol. The molecule has 24 heavy (non-hydrogen) atoms. The average molecular weight is 328 g/mol. The molecule has 2 N–H and O–H groups in total. The van der Waals surface area contributed by atoms with Crippen molar-refractivity contribution in [1.29, 1.82) is 0 Å². The average Bonchev–Trinajstić information content (AvgIpc) is 3.46. The minimum absolute atomic E-state index is 0.0373. The first-order chi connectivity index (χ1) is 11.7. The fourth-order valence-electron chi connectivity index (χ4n) is 3.97. The number of nitrogens with one attached hydrogen (secondary N) is 1. The Bertz CT molecular complexity index is 664. The molecule has 1 aliphatic heterocycles. The Hall–Kier alpha value is -1.88. The fourth-order valence-corrected chi connectivity index (χ4v) is 3.97. The van der Waals surface area contributed by atoms with Gasteiger partial charge in [0.25, 0.3) is 5.91 Å². The molecule has 2 saturated carbocycles. The molecule has 2 aliphatic carbocycles. The Kier molecular flexibility index (Phi) is 3.83.